The van der Waals surface area contributed by atoms with Gasteiger partial charge < -0.3 is 9.47 Å². The third-order valence-corrected chi connectivity index (χ3v) is 6.50. The molecule has 3 aromatic heterocycles. The number of aromatic nitrogens is 4. The van der Waals surface area contributed by atoms with Crippen LogP contribution < -0.4 is 4.90 Å². The first-order valence-corrected chi connectivity index (χ1v) is 10.5. The Kier molecular flexibility index (Phi) is 4.08. The summed E-state index contributed by atoms with van der Waals surface area (Å²) >= 11 is 1.75. The normalized spacial score (nSPS) is 15.9. The fourth-order valence-electron chi connectivity index (χ4n) is 4.30. The van der Waals surface area contributed by atoms with Crippen molar-refractivity contribution in [2.24, 2.45) is 0 Å². The summed E-state index contributed by atoms with van der Waals surface area (Å²) in [6.45, 7) is 6.37. The number of hydrogen-bond donors (Lipinski definition) is 0. The molecule has 1 saturated heterocycles. The Bertz CT molecular complexity index is 1100. The van der Waals surface area contributed by atoms with Crippen molar-refractivity contribution in [1.29, 1.82) is 0 Å². The number of hydrogen-bond acceptors (Lipinski definition) is 5. The molecule has 4 heterocycles. The van der Waals surface area contributed by atoms with Gasteiger partial charge in [0, 0.05) is 30.4 Å². The maximum atomic E-state index is 4.86. The molecule has 0 bridgehead atoms. The van der Waals surface area contributed by atoms with Crippen LogP contribution in [0.4, 0.5) is 5.82 Å². The average Bonchev–Trinajstić information content (AvgIpc) is 3.27. The molecule has 5 rings (SSSR count). The van der Waals surface area contributed by atoms with E-state index in [2.05, 4.69) is 63.6 Å². The molecule has 0 radical (unpaired) electrons. The molecule has 5 nitrogen and oxygen atoms in total. The smallest absolute Gasteiger partial charge is 0.140 e. The van der Waals surface area contributed by atoms with Crippen molar-refractivity contribution in [3.8, 4) is 0 Å². The van der Waals surface area contributed by atoms with E-state index in [9.17, 15) is 0 Å². The fraction of sp³-hybridized carbons (Fsp3) is 0.381. The lowest BCUT2D eigenvalue weighted by molar-refractivity contribution is 0.394. The van der Waals surface area contributed by atoms with Crippen molar-refractivity contribution in [2.45, 2.75) is 39.2 Å². The Morgan fingerprint density at radius 2 is 1.96 bits per heavy atom. The second kappa shape index (κ2) is 6.60. The van der Waals surface area contributed by atoms with Crippen LogP contribution in [0.15, 0.2) is 36.7 Å². The van der Waals surface area contributed by atoms with E-state index in [1.165, 1.54) is 21.6 Å². The summed E-state index contributed by atoms with van der Waals surface area (Å²) in [7, 11) is 0. The molecule has 0 saturated carbocycles. The minimum absolute atomic E-state index is 0.505. The van der Waals surface area contributed by atoms with Crippen LogP contribution >= 0.6 is 11.3 Å². The fourth-order valence-corrected chi connectivity index (χ4v) is 5.14. The SMILES string of the molecule is CCc1nc2ccccc2n1C1CCN(c2ncnc3sc(C)cc23)CC1. The van der Waals surface area contributed by atoms with E-state index in [1.807, 2.05) is 0 Å². The number of piperidine rings is 1. The van der Waals surface area contributed by atoms with Crippen molar-refractivity contribution < 1.29 is 0 Å². The zero-order valence-electron chi connectivity index (χ0n) is 15.7. The molecule has 1 aliphatic heterocycles. The van der Waals surface area contributed by atoms with Crippen LogP contribution in [-0.4, -0.2) is 32.6 Å². The second-order valence-corrected chi connectivity index (χ2v) is 8.47. The van der Waals surface area contributed by atoms with Crippen molar-refractivity contribution in [3.05, 3.63) is 47.4 Å². The monoisotopic (exact) mass is 377 g/mol. The molecular weight excluding hydrogens is 354 g/mol. The van der Waals surface area contributed by atoms with Gasteiger partial charge in [-0.05, 0) is 38.0 Å². The lowest BCUT2D eigenvalue weighted by atomic mass is 10.0. The van der Waals surface area contributed by atoms with E-state index in [1.54, 1.807) is 17.7 Å². The number of para-hydroxylation sites is 2. The summed E-state index contributed by atoms with van der Waals surface area (Å²) in [6, 6.07) is 11.2. The number of benzene rings is 1. The summed E-state index contributed by atoms with van der Waals surface area (Å²) in [5.41, 5.74) is 2.38. The molecule has 0 unspecified atom stereocenters. The first-order valence-electron chi connectivity index (χ1n) is 9.66. The van der Waals surface area contributed by atoms with Gasteiger partial charge in [-0.25, -0.2) is 15.0 Å². The Morgan fingerprint density at radius 3 is 2.78 bits per heavy atom. The van der Waals surface area contributed by atoms with Crippen LogP contribution in [0, 0.1) is 6.92 Å². The van der Waals surface area contributed by atoms with Gasteiger partial charge in [-0.15, -0.1) is 11.3 Å². The zero-order chi connectivity index (χ0) is 18.4. The number of aryl methyl sites for hydroxylation is 2. The highest BCUT2D eigenvalue weighted by molar-refractivity contribution is 7.18. The third kappa shape index (κ3) is 2.79. The van der Waals surface area contributed by atoms with Gasteiger partial charge in [0.2, 0.25) is 0 Å². The van der Waals surface area contributed by atoms with E-state index in [0.29, 0.717) is 6.04 Å². The van der Waals surface area contributed by atoms with Gasteiger partial charge in [-0.2, -0.15) is 0 Å². The highest BCUT2D eigenvalue weighted by atomic mass is 32.1. The van der Waals surface area contributed by atoms with Crippen LogP contribution in [0.1, 0.15) is 36.5 Å². The number of thiophene rings is 1. The number of rotatable bonds is 3. The van der Waals surface area contributed by atoms with Crippen molar-refractivity contribution in [3.63, 3.8) is 0 Å². The van der Waals surface area contributed by atoms with Crippen molar-refractivity contribution in [1.82, 2.24) is 19.5 Å². The average molecular weight is 378 g/mol. The topological polar surface area (TPSA) is 46.8 Å². The first kappa shape index (κ1) is 16.7. The summed E-state index contributed by atoms with van der Waals surface area (Å²) in [5, 5.41) is 1.20. The summed E-state index contributed by atoms with van der Waals surface area (Å²) in [6.07, 6.45) is 4.90. The molecule has 0 aliphatic carbocycles. The standard InChI is InChI=1S/C21H23N5S/c1-3-19-24-17-6-4-5-7-18(17)26(19)15-8-10-25(11-9-15)20-16-12-14(2)27-21(16)23-13-22-20/h4-7,12-13,15H,3,8-11H2,1-2H3. The number of nitrogens with zero attached hydrogens (tertiary/aromatic N) is 5. The van der Waals surface area contributed by atoms with Crippen molar-refractivity contribution in [2.75, 3.05) is 18.0 Å². The molecule has 0 amide bonds. The minimum Gasteiger partial charge on any atom is -0.356 e. The molecule has 6 heteroatoms. The Morgan fingerprint density at radius 1 is 1.15 bits per heavy atom. The summed E-state index contributed by atoms with van der Waals surface area (Å²) in [4.78, 5) is 18.7. The molecule has 0 atom stereocenters. The van der Waals surface area contributed by atoms with Crippen molar-refractivity contribution >= 4 is 38.4 Å². The van der Waals surface area contributed by atoms with E-state index in [-0.39, 0.29) is 0 Å². The molecule has 27 heavy (non-hydrogen) atoms. The summed E-state index contributed by atoms with van der Waals surface area (Å²) < 4.78 is 2.48. The van der Waals surface area contributed by atoms with E-state index in [0.717, 1.165) is 48.5 Å². The molecule has 1 aromatic carbocycles. The van der Waals surface area contributed by atoms with Gasteiger partial charge in [0.05, 0.1) is 16.4 Å². The molecule has 0 N–H and O–H groups in total. The van der Waals surface area contributed by atoms with Gasteiger partial charge in [-0.1, -0.05) is 19.1 Å². The maximum Gasteiger partial charge on any atom is 0.140 e. The van der Waals surface area contributed by atoms with Gasteiger partial charge in [0.25, 0.3) is 0 Å². The Balaban J connectivity index is 1.44. The predicted molar refractivity (Wildman–Crippen MR) is 112 cm³/mol. The highest BCUT2D eigenvalue weighted by Gasteiger charge is 2.25. The number of anilines is 1. The second-order valence-electron chi connectivity index (χ2n) is 7.23. The van der Waals surface area contributed by atoms with E-state index < -0.39 is 0 Å². The van der Waals surface area contributed by atoms with Crippen LogP contribution in [0.2, 0.25) is 0 Å². The third-order valence-electron chi connectivity index (χ3n) is 5.55. The van der Waals surface area contributed by atoms with Crippen LogP contribution in [0.3, 0.4) is 0 Å². The van der Waals surface area contributed by atoms with E-state index in [4.69, 9.17) is 4.98 Å². The lowest BCUT2D eigenvalue weighted by Gasteiger charge is -2.34. The zero-order valence-corrected chi connectivity index (χ0v) is 16.5. The van der Waals surface area contributed by atoms with Crippen LogP contribution in [-0.2, 0) is 6.42 Å². The Hall–Kier alpha value is -2.47. The van der Waals surface area contributed by atoms with E-state index >= 15 is 0 Å². The molecule has 0 spiro atoms. The summed E-state index contributed by atoms with van der Waals surface area (Å²) in [5.74, 6) is 2.29. The first-order chi connectivity index (χ1) is 13.2. The highest BCUT2D eigenvalue weighted by Crippen LogP contribution is 2.34. The van der Waals surface area contributed by atoms with Gasteiger partial charge in [0.15, 0.2) is 0 Å². The number of fused-ring (bicyclic) bond motifs is 2. The van der Waals surface area contributed by atoms with Gasteiger partial charge in [-0.3, -0.25) is 0 Å². The molecule has 1 aliphatic rings. The molecular formula is C21H23N5S. The Labute approximate surface area is 162 Å². The largest absolute Gasteiger partial charge is 0.356 e. The minimum atomic E-state index is 0.505. The molecule has 138 valence electrons. The quantitative estimate of drug-likeness (QED) is 0.517. The lowest BCUT2D eigenvalue weighted by Crippen LogP contribution is -2.35. The van der Waals surface area contributed by atoms with Gasteiger partial charge in [0.1, 0.15) is 22.8 Å². The number of imidazole rings is 1. The maximum absolute atomic E-state index is 4.86. The molecule has 4 aromatic rings. The predicted octanol–water partition coefficient (Wildman–Crippen LogP) is 4.75. The van der Waals surface area contributed by atoms with Crippen LogP contribution in [0.5, 0.6) is 0 Å². The van der Waals surface area contributed by atoms with Crippen LogP contribution in [0.25, 0.3) is 21.3 Å². The van der Waals surface area contributed by atoms with Gasteiger partial charge >= 0.3 is 0 Å². The molecule has 1 fully saturated rings.